The van der Waals surface area contributed by atoms with Crippen LogP contribution in [0.4, 0.5) is 17.1 Å². The average molecular weight is 644 g/mol. The minimum absolute atomic E-state index is 0.878. The molecule has 0 saturated carbocycles. The minimum Gasteiger partial charge on any atom is -0.456 e. The van der Waals surface area contributed by atoms with Crippen LogP contribution in [-0.4, -0.2) is 0 Å². The van der Waals surface area contributed by atoms with E-state index in [9.17, 15) is 0 Å². The van der Waals surface area contributed by atoms with Crippen molar-refractivity contribution in [3.63, 3.8) is 0 Å². The molecule has 0 aliphatic heterocycles. The van der Waals surface area contributed by atoms with Gasteiger partial charge in [0, 0.05) is 48.4 Å². The number of hydrogen-bond donors (Lipinski definition) is 0. The van der Waals surface area contributed by atoms with Crippen LogP contribution in [0.2, 0.25) is 0 Å². The zero-order valence-electron chi connectivity index (χ0n) is 26.5. The first kappa shape index (κ1) is 27.9. The van der Waals surface area contributed by atoms with Crippen LogP contribution in [0.1, 0.15) is 0 Å². The van der Waals surface area contributed by atoms with Gasteiger partial charge in [0.25, 0.3) is 0 Å². The standard InChI is InChI=1S/C46H29NOS/c1-2-11-31(12-3-1)37-27-28-41(45-40-17-7-9-20-44(40)49-46(37)45)47(34-25-26-39-38-16-6-8-19-42(38)48-43(39)29-34)33-23-21-32(22-24-33)36-18-10-14-30-13-4-5-15-35(30)36/h1-29H. The molecule has 0 unspecified atom stereocenters. The molecule has 2 heterocycles. The molecule has 0 N–H and O–H groups in total. The molecular formula is C46H29NOS. The molecule has 230 valence electrons. The summed E-state index contributed by atoms with van der Waals surface area (Å²) in [6.07, 6.45) is 0. The Balaban J connectivity index is 1.22. The van der Waals surface area contributed by atoms with Crippen molar-refractivity contribution in [1.29, 1.82) is 0 Å². The van der Waals surface area contributed by atoms with Gasteiger partial charge in [0.2, 0.25) is 0 Å². The first-order valence-electron chi connectivity index (χ1n) is 16.6. The van der Waals surface area contributed by atoms with Crippen molar-refractivity contribution >= 4 is 81.3 Å². The highest BCUT2D eigenvalue weighted by Crippen LogP contribution is 2.49. The summed E-state index contributed by atoms with van der Waals surface area (Å²) in [5, 5.41) is 7.27. The quantitative estimate of drug-likeness (QED) is 0.186. The van der Waals surface area contributed by atoms with Gasteiger partial charge in [-0.25, -0.2) is 0 Å². The van der Waals surface area contributed by atoms with E-state index < -0.39 is 0 Å². The van der Waals surface area contributed by atoms with E-state index in [0.717, 1.165) is 39.0 Å². The third-order valence-corrected chi connectivity index (χ3v) is 10.9. The van der Waals surface area contributed by atoms with E-state index in [1.165, 1.54) is 53.2 Å². The van der Waals surface area contributed by atoms with Gasteiger partial charge in [-0.05, 0) is 75.5 Å². The van der Waals surface area contributed by atoms with Crippen molar-refractivity contribution in [2.75, 3.05) is 4.90 Å². The lowest BCUT2D eigenvalue weighted by Gasteiger charge is -2.27. The molecule has 8 aromatic carbocycles. The molecule has 0 amide bonds. The molecule has 2 aromatic heterocycles. The van der Waals surface area contributed by atoms with E-state index in [0.29, 0.717) is 0 Å². The van der Waals surface area contributed by atoms with Crippen molar-refractivity contribution in [1.82, 2.24) is 0 Å². The highest BCUT2D eigenvalue weighted by molar-refractivity contribution is 7.26. The van der Waals surface area contributed by atoms with Crippen LogP contribution in [0, 0.1) is 0 Å². The van der Waals surface area contributed by atoms with Crippen molar-refractivity contribution in [2.24, 2.45) is 0 Å². The first-order valence-corrected chi connectivity index (χ1v) is 17.4. The summed E-state index contributed by atoms with van der Waals surface area (Å²) in [6.45, 7) is 0. The maximum absolute atomic E-state index is 6.43. The average Bonchev–Trinajstić information content (AvgIpc) is 3.74. The van der Waals surface area contributed by atoms with Crippen LogP contribution in [0.3, 0.4) is 0 Å². The van der Waals surface area contributed by atoms with E-state index in [-0.39, 0.29) is 0 Å². The Morgan fingerprint density at radius 1 is 0.429 bits per heavy atom. The summed E-state index contributed by atoms with van der Waals surface area (Å²) < 4.78 is 8.99. The van der Waals surface area contributed by atoms with Crippen molar-refractivity contribution in [3.05, 3.63) is 176 Å². The molecule has 0 fully saturated rings. The summed E-state index contributed by atoms with van der Waals surface area (Å²) in [5.74, 6) is 0. The maximum Gasteiger partial charge on any atom is 0.137 e. The molecular weight excluding hydrogens is 615 g/mol. The molecule has 0 atom stereocenters. The first-order chi connectivity index (χ1) is 24.3. The highest BCUT2D eigenvalue weighted by atomic mass is 32.1. The molecule has 0 bridgehead atoms. The summed E-state index contributed by atoms with van der Waals surface area (Å²) in [7, 11) is 0. The Hall–Kier alpha value is -6.16. The van der Waals surface area contributed by atoms with Gasteiger partial charge in [-0.15, -0.1) is 11.3 Å². The Kier molecular flexibility index (Phi) is 6.39. The molecule has 0 radical (unpaired) electrons. The lowest BCUT2D eigenvalue weighted by molar-refractivity contribution is 0.669. The van der Waals surface area contributed by atoms with Crippen LogP contribution >= 0.6 is 11.3 Å². The second-order valence-electron chi connectivity index (χ2n) is 12.5. The molecule has 10 rings (SSSR count). The third-order valence-electron chi connectivity index (χ3n) is 9.68. The van der Waals surface area contributed by atoms with Gasteiger partial charge >= 0.3 is 0 Å². The summed E-state index contributed by atoms with van der Waals surface area (Å²) in [6, 6.07) is 63.2. The number of anilines is 3. The molecule has 0 saturated heterocycles. The maximum atomic E-state index is 6.43. The number of nitrogens with zero attached hydrogens (tertiary/aromatic N) is 1. The topological polar surface area (TPSA) is 16.4 Å². The number of fused-ring (bicyclic) bond motifs is 7. The zero-order chi connectivity index (χ0) is 32.3. The van der Waals surface area contributed by atoms with E-state index >= 15 is 0 Å². The Morgan fingerprint density at radius 3 is 1.98 bits per heavy atom. The Bertz CT molecular complexity index is 2820. The molecule has 0 spiro atoms. The van der Waals surface area contributed by atoms with Gasteiger partial charge in [0.1, 0.15) is 11.2 Å². The van der Waals surface area contributed by atoms with Gasteiger partial charge in [0.15, 0.2) is 0 Å². The second kappa shape index (κ2) is 11.2. The van der Waals surface area contributed by atoms with Gasteiger partial charge in [-0.1, -0.05) is 127 Å². The Morgan fingerprint density at radius 2 is 1.10 bits per heavy atom. The number of para-hydroxylation sites is 1. The molecule has 49 heavy (non-hydrogen) atoms. The molecule has 2 nitrogen and oxygen atoms in total. The summed E-state index contributed by atoms with van der Waals surface area (Å²) in [4.78, 5) is 2.40. The van der Waals surface area contributed by atoms with Crippen molar-refractivity contribution in [2.45, 2.75) is 0 Å². The summed E-state index contributed by atoms with van der Waals surface area (Å²) >= 11 is 1.87. The number of thiophene rings is 1. The fourth-order valence-electron chi connectivity index (χ4n) is 7.39. The highest BCUT2D eigenvalue weighted by Gasteiger charge is 2.22. The van der Waals surface area contributed by atoms with Gasteiger partial charge < -0.3 is 9.32 Å². The lowest BCUT2D eigenvalue weighted by atomic mass is 9.97. The predicted octanol–water partition coefficient (Wildman–Crippen LogP) is 13.9. The lowest BCUT2D eigenvalue weighted by Crippen LogP contribution is -2.10. The third kappa shape index (κ3) is 4.55. The van der Waals surface area contributed by atoms with Gasteiger partial charge in [-0.3, -0.25) is 0 Å². The van der Waals surface area contributed by atoms with Crippen molar-refractivity contribution < 1.29 is 4.42 Å². The molecule has 10 aromatic rings. The van der Waals surface area contributed by atoms with Crippen LogP contribution < -0.4 is 4.90 Å². The molecule has 0 aliphatic rings. The van der Waals surface area contributed by atoms with E-state index in [4.69, 9.17) is 4.42 Å². The van der Waals surface area contributed by atoms with Crippen LogP contribution in [0.15, 0.2) is 180 Å². The van der Waals surface area contributed by atoms with E-state index in [2.05, 4.69) is 169 Å². The largest absolute Gasteiger partial charge is 0.456 e. The smallest absolute Gasteiger partial charge is 0.137 e. The number of hydrogen-bond acceptors (Lipinski definition) is 3. The SMILES string of the molecule is c1ccc(-c2ccc(N(c3ccc(-c4cccc5ccccc45)cc3)c3ccc4c(c3)oc3ccccc34)c3c2sc2ccccc23)cc1. The fraction of sp³-hybridized carbons (Fsp3) is 0. The minimum atomic E-state index is 0.878. The molecule has 3 heteroatoms. The van der Waals surface area contributed by atoms with Gasteiger partial charge in [-0.2, -0.15) is 0 Å². The Labute approximate surface area is 287 Å². The number of furan rings is 1. The van der Waals surface area contributed by atoms with Crippen LogP contribution in [-0.2, 0) is 0 Å². The number of benzene rings is 8. The fourth-order valence-corrected chi connectivity index (χ4v) is 8.65. The van der Waals surface area contributed by atoms with E-state index in [1.807, 2.05) is 23.5 Å². The zero-order valence-corrected chi connectivity index (χ0v) is 27.3. The van der Waals surface area contributed by atoms with Crippen LogP contribution in [0.5, 0.6) is 0 Å². The number of rotatable bonds is 5. The normalized spacial score (nSPS) is 11.7. The monoisotopic (exact) mass is 643 g/mol. The van der Waals surface area contributed by atoms with E-state index in [1.54, 1.807) is 0 Å². The summed E-state index contributed by atoms with van der Waals surface area (Å²) in [5.41, 5.74) is 9.96. The molecule has 0 aliphatic carbocycles. The second-order valence-corrected chi connectivity index (χ2v) is 13.5. The van der Waals surface area contributed by atoms with Crippen molar-refractivity contribution in [3.8, 4) is 22.3 Å². The predicted molar refractivity (Wildman–Crippen MR) is 210 cm³/mol. The van der Waals surface area contributed by atoms with Gasteiger partial charge in [0.05, 0.1) is 5.69 Å². The van der Waals surface area contributed by atoms with Crippen LogP contribution in [0.25, 0.3) is 75.1 Å².